The molecule has 136 valence electrons. The molecule has 0 aliphatic heterocycles. The fourth-order valence-corrected chi connectivity index (χ4v) is 2.44. The van der Waals surface area contributed by atoms with E-state index >= 15 is 0 Å². The number of aromatic nitrogens is 2. The second-order valence-corrected chi connectivity index (χ2v) is 6.35. The molecule has 3 N–H and O–H groups in total. The summed E-state index contributed by atoms with van der Waals surface area (Å²) in [5.41, 5.74) is 5.23. The fourth-order valence-electron chi connectivity index (χ4n) is 2.15. The highest BCUT2D eigenvalue weighted by molar-refractivity contribution is 6.42. The smallest absolute Gasteiger partial charge is 0.357 e. The van der Waals surface area contributed by atoms with E-state index in [2.05, 4.69) is 15.3 Å². The molecule has 0 aliphatic carbocycles. The van der Waals surface area contributed by atoms with Gasteiger partial charge in [-0.1, -0.05) is 23.2 Å². The van der Waals surface area contributed by atoms with Gasteiger partial charge in [-0.15, -0.1) is 0 Å². The maximum absolute atomic E-state index is 13.2. The molecule has 0 saturated carbocycles. The standard InChI is InChI=1S/C15H16Cl2F3N5/c1-8(21)7-25(2)13-10(15(18,19)20)6-22-14(24-13)23-9-3-4-11(16)12(17)5-9/h3-6,8H,7,21H2,1-2H3,(H,22,23,24). The molecule has 0 saturated heterocycles. The molecule has 5 nitrogen and oxygen atoms in total. The molecular weight excluding hydrogens is 378 g/mol. The van der Waals surface area contributed by atoms with E-state index in [1.807, 2.05) is 0 Å². The number of nitrogens with two attached hydrogens (primary N) is 1. The van der Waals surface area contributed by atoms with E-state index in [-0.39, 0.29) is 24.4 Å². The molecule has 10 heteroatoms. The molecule has 2 rings (SSSR count). The molecule has 0 fully saturated rings. The monoisotopic (exact) mass is 393 g/mol. The maximum atomic E-state index is 13.2. The van der Waals surface area contributed by atoms with E-state index in [0.29, 0.717) is 15.7 Å². The maximum Gasteiger partial charge on any atom is 0.421 e. The number of halogens is 5. The van der Waals surface area contributed by atoms with Gasteiger partial charge in [-0.05, 0) is 25.1 Å². The van der Waals surface area contributed by atoms with E-state index in [1.165, 1.54) is 18.0 Å². The number of hydrogen-bond donors (Lipinski definition) is 2. The van der Waals surface area contributed by atoms with Crippen molar-refractivity contribution < 1.29 is 13.2 Å². The van der Waals surface area contributed by atoms with Gasteiger partial charge in [0.05, 0.1) is 10.0 Å². The van der Waals surface area contributed by atoms with Gasteiger partial charge in [-0.3, -0.25) is 0 Å². The summed E-state index contributed by atoms with van der Waals surface area (Å²) in [6, 6.07) is 4.36. The van der Waals surface area contributed by atoms with Gasteiger partial charge in [0, 0.05) is 31.5 Å². The van der Waals surface area contributed by atoms with E-state index < -0.39 is 11.7 Å². The van der Waals surface area contributed by atoms with Crippen LogP contribution in [0.3, 0.4) is 0 Å². The van der Waals surface area contributed by atoms with Crippen molar-refractivity contribution in [2.75, 3.05) is 23.8 Å². The van der Waals surface area contributed by atoms with E-state index in [9.17, 15) is 13.2 Å². The largest absolute Gasteiger partial charge is 0.421 e. The molecule has 1 aromatic carbocycles. The van der Waals surface area contributed by atoms with Gasteiger partial charge >= 0.3 is 6.18 Å². The minimum Gasteiger partial charge on any atom is -0.357 e. The zero-order chi connectivity index (χ0) is 18.8. The third-order valence-electron chi connectivity index (χ3n) is 3.17. The van der Waals surface area contributed by atoms with Crippen molar-refractivity contribution >= 4 is 40.7 Å². The number of rotatable bonds is 5. The molecule has 25 heavy (non-hydrogen) atoms. The summed E-state index contributed by atoms with van der Waals surface area (Å²) >= 11 is 11.8. The van der Waals surface area contributed by atoms with Crippen LogP contribution < -0.4 is 16.0 Å². The summed E-state index contributed by atoms with van der Waals surface area (Å²) < 4.78 is 39.6. The molecule has 1 heterocycles. The lowest BCUT2D eigenvalue weighted by Gasteiger charge is -2.24. The van der Waals surface area contributed by atoms with Crippen LogP contribution in [-0.2, 0) is 6.18 Å². The zero-order valence-electron chi connectivity index (χ0n) is 13.4. The lowest BCUT2D eigenvalue weighted by atomic mass is 10.2. The highest BCUT2D eigenvalue weighted by atomic mass is 35.5. The number of anilines is 3. The average molecular weight is 394 g/mol. The third kappa shape index (κ3) is 5.10. The van der Waals surface area contributed by atoms with Crippen LogP contribution in [0.15, 0.2) is 24.4 Å². The second-order valence-electron chi connectivity index (χ2n) is 5.54. The van der Waals surface area contributed by atoms with Crippen molar-refractivity contribution in [3.8, 4) is 0 Å². The second kappa shape index (κ2) is 7.63. The number of nitrogens with one attached hydrogen (secondary N) is 1. The Morgan fingerprint density at radius 3 is 2.52 bits per heavy atom. The van der Waals surface area contributed by atoms with Gasteiger partial charge in [0.25, 0.3) is 0 Å². The van der Waals surface area contributed by atoms with Crippen LogP contribution in [0.1, 0.15) is 12.5 Å². The Morgan fingerprint density at radius 1 is 1.28 bits per heavy atom. The topological polar surface area (TPSA) is 67.1 Å². The minimum absolute atomic E-state index is 0.00193. The number of benzene rings is 1. The van der Waals surface area contributed by atoms with Gasteiger partial charge in [0.2, 0.25) is 5.95 Å². The van der Waals surface area contributed by atoms with Crippen molar-refractivity contribution in [1.29, 1.82) is 0 Å². The Bertz CT molecular complexity index is 752. The average Bonchev–Trinajstić information content (AvgIpc) is 2.49. The van der Waals surface area contributed by atoms with Crippen LogP contribution in [0.2, 0.25) is 10.0 Å². The van der Waals surface area contributed by atoms with Gasteiger partial charge < -0.3 is 16.0 Å². The van der Waals surface area contributed by atoms with E-state index in [0.717, 1.165) is 6.20 Å². The molecule has 2 aromatic rings. The van der Waals surface area contributed by atoms with Crippen molar-refractivity contribution in [3.63, 3.8) is 0 Å². The van der Waals surface area contributed by atoms with Crippen LogP contribution in [0.25, 0.3) is 0 Å². The minimum atomic E-state index is -4.58. The molecule has 1 atom stereocenters. The van der Waals surface area contributed by atoms with E-state index in [1.54, 1.807) is 19.1 Å². The molecule has 1 unspecified atom stereocenters. The van der Waals surface area contributed by atoms with Gasteiger partial charge in [-0.2, -0.15) is 18.2 Å². The lowest BCUT2D eigenvalue weighted by Crippen LogP contribution is -2.34. The van der Waals surface area contributed by atoms with Crippen molar-refractivity contribution in [2.24, 2.45) is 5.73 Å². The number of alkyl halides is 3. The SMILES string of the molecule is CC(N)CN(C)c1nc(Nc2ccc(Cl)c(Cl)c2)ncc1C(F)(F)F. The first-order valence-corrected chi connectivity index (χ1v) is 7.96. The molecule has 0 radical (unpaired) electrons. The fraction of sp³-hybridized carbons (Fsp3) is 0.333. The molecule has 0 bridgehead atoms. The van der Waals surface area contributed by atoms with Crippen molar-refractivity contribution in [3.05, 3.63) is 40.0 Å². The number of likely N-dealkylation sites (N-methyl/N-ethyl adjacent to an activating group) is 1. The van der Waals surface area contributed by atoms with Crippen LogP contribution in [-0.4, -0.2) is 29.6 Å². The summed E-state index contributed by atoms with van der Waals surface area (Å²) in [4.78, 5) is 9.07. The van der Waals surface area contributed by atoms with Gasteiger partial charge in [0.15, 0.2) is 0 Å². The summed E-state index contributed by atoms with van der Waals surface area (Å²) in [6.07, 6.45) is -3.84. The normalized spacial score (nSPS) is 12.8. The van der Waals surface area contributed by atoms with Crippen molar-refractivity contribution in [2.45, 2.75) is 19.1 Å². The molecule has 0 aliphatic rings. The number of nitrogens with zero attached hydrogens (tertiary/aromatic N) is 3. The van der Waals surface area contributed by atoms with Gasteiger partial charge in [0.1, 0.15) is 11.4 Å². The third-order valence-corrected chi connectivity index (χ3v) is 3.91. The quantitative estimate of drug-likeness (QED) is 0.791. The molecule has 1 aromatic heterocycles. The first kappa shape index (κ1) is 19.6. The highest BCUT2D eigenvalue weighted by Gasteiger charge is 2.36. The predicted molar refractivity (Wildman–Crippen MR) is 93.7 cm³/mol. The lowest BCUT2D eigenvalue weighted by molar-refractivity contribution is -0.137. The van der Waals surface area contributed by atoms with Crippen LogP contribution >= 0.6 is 23.2 Å². The van der Waals surface area contributed by atoms with Crippen molar-refractivity contribution in [1.82, 2.24) is 9.97 Å². The summed E-state index contributed by atoms with van der Waals surface area (Å²) in [6.45, 7) is 1.89. The number of hydrogen-bond acceptors (Lipinski definition) is 5. The summed E-state index contributed by atoms with van der Waals surface area (Å²) in [5.74, 6) is -0.264. The Hall–Kier alpha value is -1.77. The Labute approximate surface area is 153 Å². The molecular formula is C15H16Cl2F3N5. The zero-order valence-corrected chi connectivity index (χ0v) is 14.9. The molecule has 0 amide bonds. The Morgan fingerprint density at radius 2 is 1.96 bits per heavy atom. The van der Waals surface area contributed by atoms with E-state index in [4.69, 9.17) is 28.9 Å². The summed E-state index contributed by atoms with van der Waals surface area (Å²) in [7, 11) is 1.49. The summed E-state index contributed by atoms with van der Waals surface area (Å²) in [5, 5.41) is 3.47. The predicted octanol–water partition coefficient (Wildman–Crippen LogP) is 4.33. The van der Waals surface area contributed by atoms with Crippen LogP contribution in [0.4, 0.5) is 30.6 Å². The Kier molecular flexibility index (Phi) is 5.97. The van der Waals surface area contributed by atoms with Crippen LogP contribution in [0.5, 0.6) is 0 Å². The first-order valence-electron chi connectivity index (χ1n) is 7.21. The van der Waals surface area contributed by atoms with Gasteiger partial charge in [-0.25, -0.2) is 4.98 Å². The molecule has 0 spiro atoms. The van der Waals surface area contributed by atoms with Crippen LogP contribution in [0, 0.1) is 0 Å². The highest BCUT2D eigenvalue weighted by Crippen LogP contribution is 2.35. The Balaban J connectivity index is 2.38. The first-order chi connectivity index (χ1) is 11.6.